The molecule has 4 aromatic rings. The number of rotatable bonds is 10. The molecule has 1 saturated carbocycles. The highest BCUT2D eigenvalue weighted by molar-refractivity contribution is 7.90. The van der Waals surface area contributed by atoms with Gasteiger partial charge in [0.05, 0.1) is 26.9 Å². The Morgan fingerprint density at radius 1 is 1.02 bits per heavy atom. The number of ether oxygens (including phenoxy) is 2. The molecule has 52 heavy (non-hydrogen) atoms. The molecule has 11 nitrogen and oxygen atoms in total. The van der Waals surface area contributed by atoms with Crippen molar-refractivity contribution in [1.82, 2.24) is 0 Å². The number of ketones is 1. The number of Topliss-reactive ketones (excluding diaryl/α,β-unsaturated/α-hetero) is 1. The van der Waals surface area contributed by atoms with Crippen LogP contribution in [0, 0.1) is 18.3 Å². The Hall–Kier alpha value is -5.64. The van der Waals surface area contributed by atoms with E-state index in [0.717, 1.165) is 35.9 Å². The fourth-order valence-corrected chi connectivity index (χ4v) is 7.16. The molecule has 2 amide bonds. The Bertz CT molecular complexity index is 2190. The molecular weight excluding hydrogens is 704 g/mol. The summed E-state index contributed by atoms with van der Waals surface area (Å²) in [5.74, 6) is -1.07. The van der Waals surface area contributed by atoms with E-state index in [-0.39, 0.29) is 27.2 Å². The summed E-state index contributed by atoms with van der Waals surface area (Å²) in [6.07, 6.45) is 2.43. The predicted molar refractivity (Wildman–Crippen MR) is 198 cm³/mol. The summed E-state index contributed by atoms with van der Waals surface area (Å²) in [6, 6.07) is 26.5. The minimum absolute atomic E-state index is 0.0340. The van der Waals surface area contributed by atoms with Crippen LogP contribution in [0.3, 0.4) is 0 Å². The third-order valence-electron chi connectivity index (χ3n) is 8.94. The molecule has 4 aromatic carbocycles. The van der Waals surface area contributed by atoms with Crippen molar-refractivity contribution in [1.29, 1.82) is 5.26 Å². The van der Waals surface area contributed by atoms with E-state index in [1.165, 1.54) is 35.2 Å². The first-order valence-corrected chi connectivity index (χ1v) is 18.8. The van der Waals surface area contributed by atoms with E-state index in [0.29, 0.717) is 29.9 Å². The Morgan fingerprint density at radius 2 is 1.73 bits per heavy atom. The minimum atomic E-state index is -3.58. The molecule has 13 heteroatoms. The van der Waals surface area contributed by atoms with Crippen molar-refractivity contribution in [3.63, 3.8) is 0 Å². The number of para-hydroxylation sites is 2. The second-order valence-electron chi connectivity index (χ2n) is 12.6. The molecule has 1 aliphatic heterocycles. The van der Waals surface area contributed by atoms with Crippen molar-refractivity contribution in [2.75, 3.05) is 21.8 Å². The summed E-state index contributed by atoms with van der Waals surface area (Å²) in [6.45, 7) is 1.86. The highest BCUT2D eigenvalue weighted by atomic mass is 35.5. The van der Waals surface area contributed by atoms with E-state index in [1.54, 1.807) is 42.5 Å². The topological polar surface area (TPSA) is 155 Å². The molecule has 0 bridgehead atoms. The number of nitrogens with one attached hydrogen (secondary N) is 2. The van der Waals surface area contributed by atoms with Crippen LogP contribution in [0.5, 0.6) is 5.75 Å². The van der Waals surface area contributed by atoms with Gasteiger partial charge in [-0.2, -0.15) is 5.26 Å². The number of benzene rings is 4. The number of carbonyl (C=O) groups excluding carboxylic acids is 3. The molecule has 0 radical (unpaired) electrons. The van der Waals surface area contributed by atoms with Crippen LogP contribution in [0.4, 0.5) is 21.9 Å². The average molecular weight is 739 g/mol. The summed E-state index contributed by atoms with van der Waals surface area (Å²) in [5, 5.41) is 15.6. The van der Waals surface area contributed by atoms with Crippen LogP contribution in [-0.2, 0) is 19.4 Å². The van der Waals surface area contributed by atoms with Crippen molar-refractivity contribution in [2.45, 2.75) is 55.9 Å². The highest BCUT2D eigenvalue weighted by Gasteiger charge is 2.37. The van der Waals surface area contributed by atoms with Crippen LogP contribution in [0.25, 0.3) is 6.08 Å². The normalized spacial score (nSPS) is 16.1. The summed E-state index contributed by atoms with van der Waals surface area (Å²) < 4.78 is 35.7. The summed E-state index contributed by atoms with van der Waals surface area (Å²) in [4.78, 5) is 43.1. The number of nitriles is 1. The maximum absolute atomic E-state index is 14.2. The largest absolute Gasteiger partial charge is 0.464 e. The van der Waals surface area contributed by atoms with Crippen molar-refractivity contribution >= 4 is 62.4 Å². The maximum Gasteiger partial charge on any atom is 0.415 e. The number of carbonyl (C=O) groups is 3. The fourth-order valence-electron chi connectivity index (χ4n) is 6.22. The maximum atomic E-state index is 14.2. The van der Waals surface area contributed by atoms with E-state index >= 15 is 0 Å². The van der Waals surface area contributed by atoms with Crippen LogP contribution in [0.15, 0.2) is 101 Å². The van der Waals surface area contributed by atoms with E-state index in [2.05, 4.69) is 16.7 Å². The molecule has 2 aliphatic rings. The molecule has 1 aliphatic carbocycles. The number of fused-ring (bicyclic) bond motifs is 1. The van der Waals surface area contributed by atoms with Crippen LogP contribution >= 0.6 is 11.6 Å². The van der Waals surface area contributed by atoms with Crippen molar-refractivity contribution < 1.29 is 32.3 Å². The Balaban J connectivity index is 1.28. The number of aryl methyl sites for hydroxylation is 1. The smallest absolute Gasteiger partial charge is 0.415 e. The molecule has 6 rings (SSSR count). The first kappa shape index (κ1) is 36.2. The van der Waals surface area contributed by atoms with Gasteiger partial charge in [-0.25, -0.2) is 13.2 Å². The van der Waals surface area contributed by atoms with Gasteiger partial charge >= 0.3 is 6.09 Å². The van der Waals surface area contributed by atoms with Crippen LogP contribution in [-0.4, -0.2) is 50.8 Å². The van der Waals surface area contributed by atoms with E-state index in [1.807, 2.05) is 31.2 Å². The van der Waals surface area contributed by atoms with Gasteiger partial charge < -0.3 is 20.1 Å². The predicted octanol–water partition coefficient (Wildman–Crippen LogP) is 7.57. The Morgan fingerprint density at radius 3 is 2.38 bits per heavy atom. The Labute approximate surface area is 306 Å². The lowest BCUT2D eigenvalue weighted by Gasteiger charge is -2.30. The van der Waals surface area contributed by atoms with Crippen molar-refractivity contribution in [3.8, 4) is 11.8 Å². The molecule has 1 fully saturated rings. The number of anilines is 3. The van der Waals surface area contributed by atoms with Gasteiger partial charge in [-0.05, 0) is 79.4 Å². The third kappa shape index (κ3) is 7.96. The van der Waals surface area contributed by atoms with Gasteiger partial charge in [0.1, 0.15) is 11.8 Å². The number of nitrogens with zero attached hydrogens (tertiary/aromatic N) is 2. The lowest BCUT2D eigenvalue weighted by Crippen LogP contribution is -2.46. The fraction of sp³-hybridized carbons (Fsp3) is 0.231. The first-order chi connectivity index (χ1) is 24.9. The van der Waals surface area contributed by atoms with Gasteiger partial charge in [0.2, 0.25) is 18.1 Å². The Kier molecular flexibility index (Phi) is 10.6. The molecule has 2 atom stereocenters. The van der Waals surface area contributed by atoms with Gasteiger partial charge in [0.15, 0.2) is 9.84 Å². The summed E-state index contributed by atoms with van der Waals surface area (Å²) >= 11 is 6.32. The summed E-state index contributed by atoms with van der Waals surface area (Å²) in [5.41, 5.74) is 3.32. The van der Waals surface area contributed by atoms with Gasteiger partial charge in [-0.1, -0.05) is 73.0 Å². The van der Waals surface area contributed by atoms with Gasteiger partial charge in [-0.3, -0.25) is 14.5 Å². The monoisotopic (exact) mass is 738 g/mol. The molecule has 266 valence electrons. The average Bonchev–Trinajstić information content (AvgIpc) is 3.82. The second-order valence-corrected chi connectivity index (χ2v) is 15.0. The summed E-state index contributed by atoms with van der Waals surface area (Å²) in [7, 11) is -3.58. The number of halogens is 1. The van der Waals surface area contributed by atoms with Gasteiger partial charge in [-0.15, -0.1) is 0 Å². The lowest BCUT2D eigenvalue weighted by molar-refractivity contribution is -0.122. The number of hydrogen-bond acceptors (Lipinski definition) is 9. The van der Waals surface area contributed by atoms with E-state index < -0.39 is 40.0 Å². The quantitative estimate of drug-likeness (QED) is 0.0953. The second kappa shape index (κ2) is 15.3. The molecule has 0 aromatic heterocycles. The zero-order valence-electron chi connectivity index (χ0n) is 28.3. The lowest BCUT2D eigenvalue weighted by atomic mass is 10.0. The van der Waals surface area contributed by atoms with Crippen LogP contribution in [0.1, 0.15) is 47.2 Å². The number of sulfone groups is 1. The minimum Gasteiger partial charge on any atom is -0.464 e. The third-order valence-corrected chi connectivity index (χ3v) is 10.4. The standard InChI is InChI=1S/C39H35ClN4O7S/c1-24-20-29(17-16-26(24)21-27(23-41)38-43-33-14-8-9-15-34(33)50-38)44(28-12-6-7-13-28)39(47)51-36(35(45)25-10-4-3-5-11-25)37(46)42-32-19-18-30(22-31(32)40)52(2,48)49/h3-5,8-11,14-22,28,36,38,43H,6-7,12-13H2,1-2H3,(H,42,46)/b27-21+. The van der Waals surface area contributed by atoms with Crippen LogP contribution in [0.2, 0.25) is 5.02 Å². The first-order valence-electron chi connectivity index (χ1n) is 16.6. The molecule has 1 heterocycles. The van der Waals surface area contributed by atoms with E-state index in [4.69, 9.17) is 21.1 Å². The van der Waals surface area contributed by atoms with Gasteiger partial charge in [0.25, 0.3) is 5.91 Å². The molecule has 2 unspecified atom stereocenters. The van der Waals surface area contributed by atoms with E-state index in [9.17, 15) is 28.1 Å². The van der Waals surface area contributed by atoms with Crippen LogP contribution < -0.4 is 20.3 Å². The van der Waals surface area contributed by atoms with Crippen molar-refractivity contribution in [2.24, 2.45) is 0 Å². The highest BCUT2D eigenvalue weighted by Crippen LogP contribution is 2.35. The molecule has 0 spiro atoms. The number of amides is 2. The molecule has 2 N–H and O–H groups in total. The zero-order chi connectivity index (χ0) is 37.0. The zero-order valence-corrected chi connectivity index (χ0v) is 29.9. The SMILES string of the molecule is Cc1cc(N(C(=O)OC(C(=O)Nc2ccc(S(C)(=O)=O)cc2Cl)C(=O)c2ccccc2)C2CCCC2)ccc1/C=C(\C#N)C1Nc2ccccc2O1. The molecule has 0 saturated heterocycles. The van der Waals surface area contributed by atoms with Gasteiger partial charge in [0, 0.05) is 23.5 Å². The molecular formula is C39H35ClN4O7S. The number of hydrogen-bond donors (Lipinski definition) is 2. The van der Waals surface area contributed by atoms with Crippen molar-refractivity contribution in [3.05, 3.63) is 118 Å².